The first-order valence-electron chi connectivity index (χ1n) is 4.74. The molecule has 0 bridgehead atoms. The van der Waals surface area contributed by atoms with Gasteiger partial charge in [0.05, 0.1) is 24.7 Å². The predicted molar refractivity (Wildman–Crippen MR) is 54.8 cm³/mol. The van der Waals surface area contributed by atoms with E-state index in [4.69, 9.17) is 5.73 Å². The maximum Gasteiger partial charge on any atom is 0.390 e. The molecule has 2 rings (SSSR count). The van der Waals surface area contributed by atoms with Gasteiger partial charge in [0.25, 0.3) is 0 Å². The van der Waals surface area contributed by atoms with Crippen LogP contribution in [0.5, 0.6) is 0 Å². The average molecular weight is 229 g/mol. The molecule has 0 spiro atoms. The van der Waals surface area contributed by atoms with Crippen LogP contribution in [0.2, 0.25) is 0 Å². The number of hydrogen-bond acceptors (Lipinski definition) is 2. The summed E-state index contributed by atoms with van der Waals surface area (Å²) in [4.78, 5) is 0. The van der Waals surface area contributed by atoms with E-state index in [0.29, 0.717) is 16.6 Å². The fraction of sp³-hybridized carbons (Fsp3) is 0.300. The van der Waals surface area contributed by atoms with Crippen molar-refractivity contribution >= 4 is 16.6 Å². The van der Waals surface area contributed by atoms with Crippen LogP contribution < -0.4 is 5.73 Å². The van der Waals surface area contributed by atoms with Gasteiger partial charge in [-0.05, 0) is 12.1 Å². The van der Waals surface area contributed by atoms with Gasteiger partial charge in [-0.2, -0.15) is 18.3 Å². The van der Waals surface area contributed by atoms with Gasteiger partial charge in [-0.15, -0.1) is 0 Å². The quantitative estimate of drug-likeness (QED) is 0.804. The third-order valence-corrected chi connectivity index (χ3v) is 2.33. The standard InChI is InChI=1S/C10H10F3N3/c11-10(12,13)4-5-16-9-3-1-2-8(14)7(9)6-15-16/h1-3,6H,4-5,14H2. The number of aryl methyl sites for hydroxylation is 1. The molecule has 2 aromatic rings. The summed E-state index contributed by atoms with van der Waals surface area (Å²) in [6.45, 7) is -0.184. The molecule has 0 atom stereocenters. The Bertz CT molecular complexity index is 501. The molecule has 0 aliphatic heterocycles. The van der Waals surface area contributed by atoms with Gasteiger partial charge < -0.3 is 5.73 Å². The second kappa shape index (κ2) is 3.70. The summed E-state index contributed by atoms with van der Waals surface area (Å²) in [5, 5.41) is 4.58. The van der Waals surface area contributed by atoms with Crippen LogP contribution in [0, 0.1) is 0 Å². The number of rotatable bonds is 2. The van der Waals surface area contributed by atoms with E-state index < -0.39 is 12.6 Å². The molecule has 0 unspecified atom stereocenters. The summed E-state index contributed by atoms with van der Waals surface area (Å²) in [5.74, 6) is 0. The van der Waals surface area contributed by atoms with Crippen molar-refractivity contribution in [1.29, 1.82) is 0 Å². The van der Waals surface area contributed by atoms with Crippen molar-refractivity contribution in [2.45, 2.75) is 19.1 Å². The van der Waals surface area contributed by atoms with Gasteiger partial charge in [-0.3, -0.25) is 4.68 Å². The highest BCUT2D eigenvalue weighted by atomic mass is 19.4. The largest absolute Gasteiger partial charge is 0.398 e. The molecular formula is C10H10F3N3. The zero-order chi connectivity index (χ0) is 11.8. The van der Waals surface area contributed by atoms with E-state index >= 15 is 0 Å². The molecule has 0 aliphatic rings. The lowest BCUT2D eigenvalue weighted by Gasteiger charge is -2.07. The van der Waals surface area contributed by atoms with Crippen LogP contribution in [-0.2, 0) is 6.54 Å². The van der Waals surface area contributed by atoms with Gasteiger partial charge in [-0.1, -0.05) is 6.07 Å². The first kappa shape index (κ1) is 10.8. The van der Waals surface area contributed by atoms with E-state index in [2.05, 4.69) is 5.10 Å². The van der Waals surface area contributed by atoms with Crippen molar-refractivity contribution < 1.29 is 13.2 Å². The summed E-state index contributed by atoms with van der Waals surface area (Å²) in [5.41, 5.74) is 6.83. The highest BCUT2D eigenvalue weighted by Crippen LogP contribution is 2.23. The minimum Gasteiger partial charge on any atom is -0.398 e. The molecule has 2 N–H and O–H groups in total. The molecule has 6 heteroatoms. The van der Waals surface area contributed by atoms with Gasteiger partial charge in [-0.25, -0.2) is 0 Å². The van der Waals surface area contributed by atoms with Crippen molar-refractivity contribution in [3.63, 3.8) is 0 Å². The number of anilines is 1. The third-order valence-electron chi connectivity index (χ3n) is 2.33. The van der Waals surface area contributed by atoms with Crippen LogP contribution in [0.15, 0.2) is 24.4 Å². The fourth-order valence-corrected chi connectivity index (χ4v) is 1.54. The van der Waals surface area contributed by atoms with Gasteiger partial charge in [0.2, 0.25) is 0 Å². The van der Waals surface area contributed by atoms with Crippen LogP contribution in [0.3, 0.4) is 0 Å². The molecule has 1 aromatic heterocycles. The number of aromatic nitrogens is 2. The molecule has 0 saturated heterocycles. The minimum absolute atomic E-state index is 0.184. The number of fused-ring (bicyclic) bond motifs is 1. The number of nitrogen functional groups attached to an aromatic ring is 1. The summed E-state index contributed by atoms with van der Waals surface area (Å²) in [7, 11) is 0. The van der Waals surface area contributed by atoms with E-state index in [-0.39, 0.29) is 6.54 Å². The molecule has 0 radical (unpaired) electrons. The zero-order valence-corrected chi connectivity index (χ0v) is 8.33. The topological polar surface area (TPSA) is 43.8 Å². The Kier molecular flexibility index (Phi) is 2.49. The van der Waals surface area contributed by atoms with E-state index in [1.54, 1.807) is 18.2 Å². The van der Waals surface area contributed by atoms with Crippen LogP contribution in [0.4, 0.5) is 18.9 Å². The van der Waals surface area contributed by atoms with Crippen LogP contribution >= 0.6 is 0 Å². The Balaban J connectivity index is 2.29. The summed E-state index contributed by atoms with van der Waals surface area (Å²) in [6.07, 6.45) is -3.57. The second-order valence-electron chi connectivity index (χ2n) is 3.51. The minimum atomic E-state index is -4.17. The molecule has 0 aliphatic carbocycles. The molecule has 1 heterocycles. The Morgan fingerprint density at radius 1 is 1.31 bits per heavy atom. The second-order valence-corrected chi connectivity index (χ2v) is 3.51. The maximum atomic E-state index is 12.1. The highest BCUT2D eigenvalue weighted by molar-refractivity contribution is 5.90. The zero-order valence-electron chi connectivity index (χ0n) is 8.33. The third kappa shape index (κ3) is 2.10. The Morgan fingerprint density at radius 3 is 2.75 bits per heavy atom. The van der Waals surface area contributed by atoms with Crippen molar-refractivity contribution in [1.82, 2.24) is 9.78 Å². The first-order chi connectivity index (χ1) is 7.47. The number of benzene rings is 1. The van der Waals surface area contributed by atoms with Gasteiger partial charge in [0, 0.05) is 11.1 Å². The molecule has 16 heavy (non-hydrogen) atoms. The number of hydrogen-bond donors (Lipinski definition) is 1. The Labute approximate surface area is 89.7 Å². The molecule has 0 saturated carbocycles. The lowest BCUT2D eigenvalue weighted by Crippen LogP contribution is -2.12. The number of halogens is 3. The molecular weight excluding hydrogens is 219 g/mol. The van der Waals surface area contributed by atoms with Crippen molar-refractivity contribution in [3.8, 4) is 0 Å². The number of nitrogens with zero attached hydrogens (tertiary/aromatic N) is 2. The van der Waals surface area contributed by atoms with Crippen LogP contribution in [-0.4, -0.2) is 16.0 Å². The molecule has 86 valence electrons. The van der Waals surface area contributed by atoms with Gasteiger partial charge in [0.15, 0.2) is 0 Å². The monoisotopic (exact) mass is 229 g/mol. The molecule has 0 fully saturated rings. The van der Waals surface area contributed by atoms with Gasteiger partial charge >= 0.3 is 6.18 Å². The summed E-state index contributed by atoms with van der Waals surface area (Å²) >= 11 is 0. The lowest BCUT2D eigenvalue weighted by atomic mass is 10.2. The fourth-order valence-electron chi connectivity index (χ4n) is 1.54. The van der Waals surface area contributed by atoms with E-state index in [1.165, 1.54) is 10.9 Å². The maximum absolute atomic E-state index is 12.1. The predicted octanol–water partition coefficient (Wildman–Crippen LogP) is 2.57. The van der Waals surface area contributed by atoms with Crippen LogP contribution in [0.1, 0.15) is 6.42 Å². The van der Waals surface area contributed by atoms with Crippen molar-refractivity contribution in [2.75, 3.05) is 5.73 Å². The Hall–Kier alpha value is -1.72. The highest BCUT2D eigenvalue weighted by Gasteiger charge is 2.27. The SMILES string of the molecule is Nc1cccc2c1cnn2CCC(F)(F)F. The molecule has 3 nitrogen and oxygen atoms in total. The summed E-state index contributed by atoms with van der Waals surface area (Å²) < 4.78 is 37.5. The van der Waals surface area contributed by atoms with E-state index in [9.17, 15) is 13.2 Å². The number of alkyl halides is 3. The Morgan fingerprint density at radius 2 is 2.06 bits per heavy atom. The smallest absolute Gasteiger partial charge is 0.390 e. The first-order valence-corrected chi connectivity index (χ1v) is 4.74. The molecule has 1 aromatic carbocycles. The van der Waals surface area contributed by atoms with Crippen molar-refractivity contribution in [2.24, 2.45) is 0 Å². The van der Waals surface area contributed by atoms with Crippen molar-refractivity contribution in [3.05, 3.63) is 24.4 Å². The van der Waals surface area contributed by atoms with Gasteiger partial charge in [0.1, 0.15) is 0 Å². The lowest BCUT2D eigenvalue weighted by molar-refractivity contribution is -0.137. The number of nitrogens with two attached hydrogens (primary N) is 1. The van der Waals surface area contributed by atoms with E-state index in [0.717, 1.165) is 0 Å². The van der Waals surface area contributed by atoms with Crippen LogP contribution in [0.25, 0.3) is 10.9 Å². The average Bonchev–Trinajstić information content (AvgIpc) is 2.58. The summed E-state index contributed by atoms with van der Waals surface area (Å²) in [6, 6.07) is 5.09. The molecule has 0 amide bonds. The van der Waals surface area contributed by atoms with E-state index in [1.807, 2.05) is 0 Å². The normalized spacial score (nSPS) is 12.2.